The van der Waals surface area contributed by atoms with Gasteiger partial charge in [0.15, 0.2) is 6.29 Å². The third kappa shape index (κ3) is 3.20. The highest BCUT2D eigenvalue weighted by atomic mass is 35.5. The largest absolute Gasteiger partial charge is 0.465 e. The van der Waals surface area contributed by atoms with E-state index in [-0.39, 0.29) is 16.3 Å². The molecule has 0 radical (unpaired) electrons. The van der Waals surface area contributed by atoms with E-state index in [1.54, 1.807) is 4.90 Å². The quantitative estimate of drug-likeness (QED) is 0.562. The zero-order valence-electron chi connectivity index (χ0n) is 15.3. The van der Waals surface area contributed by atoms with Crippen molar-refractivity contribution in [1.82, 2.24) is 14.9 Å². The van der Waals surface area contributed by atoms with Gasteiger partial charge in [-0.1, -0.05) is 41.9 Å². The molecule has 2 bridgehead atoms. The molecule has 4 rings (SSSR count). The van der Waals surface area contributed by atoms with E-state index in [0.29, 0.717) is 25.1 Å². The van der Waals surface area contributed by atoms with Crippen molar-refractivity contribution in [1.29, 1.82) is 0 Å². The minimum Gasteiger partial charge on any atom is -0.465 e. The van der Waals surface area contributed by atoms with Gasteiger partial charge in [0.2, 0.25) is 0 Å². The summed E-state index contributed by atoms with van der Waals surface area (Å²) in [5.41, 5.74) is 0.511. The molecule has 8 heteroatoms. The Morgan fingerprint density at radius 2 is 1.93 bits per heavy atom. The van der Waals surface area contributed by atoms with E-state index in [4.69, 9.17) is 11.6 Å². The van der Waals surface area contributed by atoms with Crippen LogP contribution < -0.4 is 5.32 Å². The van der Waals surface area contributed by atoms with Crippen LogP contribution in [-0.2, 0) is 6.54 Å². The highest BCUT2D eigenvalue weighted by molar-refractivity contribution is 6.32. The third-order valence-corrected chi connectivity index (χ3v) is 6.43. The Bertz CT molecular complexity index is 898. The highest BCUT2D eigenvalue weighted by Crippen LogP contribution is 2.55. The van der Waals surface area contributed by atoms with Crippen molar-refractivity contribution >= 4 is 29.8 Å². The van der Waals surface area contributed by atoms with Crippen molar-refractivity contribution < 1.29 is 14.7 Å². The van der Waals surface area contributed by atoms with Gasteiger partial charge in [-0.15, -0.1) is 0 Å². The average molecular weight is 401 g/mol. The van der Waals surface area contributed by atoms with Crippen molar-refractivity contribution in [3.8, 4) is 0 Å². The molecule has 1 aromatic heterocycles. The van der Waals surface area contributed by atoms with Crippen LogP contribution in [-0.4, -0.2) is 43.4 Å². The zero-order chi connectivity index (χ0) is 19.8. The summed E-state index contributed by atoms with van der Waals surface area (Å²) in [7, 11) is 0. The van der Waals surface area contributed by atoms with Crippen LogP contribution in [0.1, 0.15) is 48.0 Å². The number of halogens is 1. The van der Waals surface area contributed by atoms with Gasteiger partial charge < -0.3 is 10.4 Å². The van der Waals surface area contributed by atoms with Gasteiger partial charge in [0, 0.05) is 17.6 Å². The fourth-order valence-corrected chi connectivity index (χ4v) is 4.92. The minimum atomic E-state index is -0.903. The van der Waals surface area contributed by atoms with E-state index >= 15 is 0 Å². The summed E-state index contributed by atoms with van der Waals surface area (Å²) in [6.07, 6.45) is 4.92. The molecule has 1 heterocycles. The molecule has 2 aromatic rings. The predicted molar refractivity (Wildman–Crippen MR) is 105 cm³/mol. The van der Waals surface area contributed by atoms with Crippen molar-refractivity contribution in [2.75, 3.05) is 5.32 Å². The molecule has 0 atom stereocenters. The lowest BCUT2D eigenvalue weighted by Gasteiger charge is -2.38. The fraction of sp³-hybridized carbons (Fsp3) is 0.400. The Balaban J connectivity index is 1.58. The second-order valence-corrected chi connectivity index (χ2v) is 8.06. The molecular formula is C20H21ClN4O3. The predicted octanol–water partition coefficient (Wildman–Crippen LogP) is 3.99. The fourth-order valence-electron chi connectivity index (χ4n) is 4.75. The number of aldehydes is 1. The van der Waals surface area contributed by atoms with Crippen LogP contribution >= 0.6 is 11.6 Å². The molecule has 2 fully saturated rings. The molecule has 1 amide bonds. The summed E-state index contributed by atoms with van der Waals surface area (Å²) < 4.78 is 0. The van der Waals surface area contributed by atoms with E-state index in [2.05, 4.69) is 15.3 Å². The van der Waals surface area contributed by atoms with E-state index < -0.39 is 11.6 Å². The second kappa shape index (κ2) is 7.05. The molecule has 28 heavy (non-hydrogen) atoms. The molecule has 2 saturated carbocycles. The van der Waals surface area contributed by atoms with Gasteiger partial charge in [-0.2, -0.15) is 0 Å². The number of hydrogen-bond acceptors (Lipinski definition) is 5. The first-order valence-corrected chi connectivity index (χ1v) is 9.63. The van der Waals surface area contributed by atoms with Gasteiger partial charge >= 0.3 is 6.09 Å². The van der Waals surface area contributed by atoms with Crippen molar-refractivity contribution in [3.63, 3.8) is 0 Å². The van der Waals surface area contributed by atoms with E-state index in [9.17, 15) is 14.7 Å². The number of nitrogens with zero attached hydrogens (tertiary/aromatic N) is 3. The Morgan fingerprint density at radius 1 is 1.21 bits per heavy atom. The molecule has 0 aliphatic heterocycles. The summed E-state index contributed by atoms with van der Waals surface area (Å²) in [6, 6.07) is 9.65. The number of rotatable bonds is 6. The molecule has 146 valence electrons. The molecule has 7 nitrogen and oxygen atoms in total. The maximum Gasteiger partial charge on any atom is 0.408 e. The van der Waals surface area contributed by atoms with Crippen molar-refractivity contribution in [2.24, 2.45) is 0 Å². The molecule has 2 aliphatic rings. The average Bonchev–Trinajstić information content (AvgIpc) is 3.23. The topological polar surface area (TPSA) is 95.4 Å². The number of carbonyl (C=O) groups is 2. The number of aromatic nitrogens is 2. The lowest BCUT2D eigenvalue weighted by Crippen LogP contribution is -2.48. The van der Waals surface area contributed by atoms with E-state index in [0.717, 1.165) is 31.2 Å². The van der Waals surface area contributed by atoms with Crippen LogP contribution in [0.15, 0.2) is 36.7 Å². The highest BCUT2D eigenvalue weighted by Gasteiger charge is 2.58. The number of anilines is 1. The molecule has 0 spiro atoms. The summed E-state index contributed by atoms with van der Waals surface area (Å²) >= 11 is 6.02. The van der Waals surface area contributed by atoms with Crippen LogP contribution in [0.25, 0.3) is 0 Å². The van der Waals surface area contributed by atoms with E-state index in [1.165, 1.54) is 6.33 Å². The van der Waals surface area contributed by atoms with Gasteiger partial charge in [-0.3, -0.25) is 9.69 Å². The Labute approximate surface area is 167 Å². The Kier molecular flexibility index (Phi) is 4.71. The molecule has 0 saturated heterocycles. The van der Waals surface area contributed by atoms with Gasteiger partial charge in [0.25, 0.3) is 0 Å². The number of nitrogens with one attached hydrogen (secondary N) is 1. The standard InChI is InChI=1S/C20H21ClN4O3/c21-16-15(11-26)17(23-13-22-16)24-19-6-8-20(12-19,9-7-19)25(18(27)28)10-14-4-2-1-3-5-14/h1-5,11,13H,6-10,12H2,(H,27,28)(H,22,23,24). The molecule has 2 N–H and O–H groups in total. The molecule has 0 unspecified atom stereocenters. The Hall–Kier alpha value is -2.67. The third-order valence-electron chi connectivity index (χ3n) is 6.13. The number of amides is 1. The summed E-state index contributed by atoms with van der Waals surface area (Å²) in [4.78, 5) is 33.1. The number of benzene rings is 1. The van der Waals surface area contributed by atoms with Gasteiger partial charge in [-0.25, -0.2) is 14.8 Å². The van der Waals surface area contributed by atoms with Gasteiger partial charge in [0.1, 0.15) is 17.3 Å². The maximum atomic E-state index is 12.1. The van der Waals surface area contributed by atoms with Crippen LogP contribution in [0.3, 0.4) is 0 Å². The maximum absolute atomic E-state index is 12.1. The monoisotopic (exact) mass is 400 g/mol. The first kappa shape index (κ1) is 18.7. The van der Waals surface area contributed by atoms with E-state index in [1.807, 2.05) is 30.3 Å². The van der Waals surface area contributed by atoms with Crippen LogP contribution in [0.2, 0.25) is 5.15 Å². The van der Waals surface area contributed by atoms with Crippen LogP contribution in [0, 0.1) is 0 Å². The molecule has 1 aromatic carbocycles. The van der Waals surface area contributed by atoms with Crippen LogP contribution in [0.4, 0.5) is 10.6 Å². The lowest BCUT2D eigenvalue weighted by molar-refractivity contribution is 0.0732. The smallest absolute Gasteiger partial charge is 0.408 e. The number of hydrogen-bond donors (Lipinski definition) is 2. The lowest BCUT2D eigenvalue weighted by atomic mass is 9.90. The summed E-state index contributed by atoms with van der Waals surface area (Å²) in [5.74, 6) is 0.414. The second-order valence-electron chi connectivity index (χ2n) is 7.71. The first-order valence-electron chi connectivity index (χ1n) is 9.25. The normalized spacial score (nSPS) is 25.5. The number of carboxylic acid groups (broad SMARTS) is 1. The zero-order valence-corrected chi connectivity index (χ0v) is 16.0. The Morgan fingerprint density at radius 3 is 2.57 bits per heavy atom. The number of fused-ring (bicyclic) bond motifs is 2. The SMILES string of the molecule is O=Cc1c(Cl)ncnc1NC12CCC(N(Cc3ccccc3)C(=O)O)(CC1)C2. The molecular weight excluding hydrogens is 380 g/mol. The van der Waals surface area contributed by atoms with Gasteiger partial charge in [-0.05, 0) is 37.7 Å². The summed E-state index contributed by atoms with van der Waals surface area (Å²) in [6.45, 7) is 0.366. The minimum absolute atomic E-state index is 0.113. The van der Waals surface area contributed by atoms with Gasteiger partial charge in [0.05, 0.1) is 5.56 Å². The van der Waals surface area contributed by atoms with Crippen molar-refractivity contribution in [3.05, 3.63) is 52.9 Å². The number of carbonyl (C=O) groups excluding carboxylic acids is 1. The first-order chi connectivity index (χ1) is 13.5. The summed E-state index contributed by atoms with van der Waals surface area (Å²) in [5, 5.41) is 13.4. The van der Waals surface area contributed by atoms with Crippen LogP contribution in [0.5, 0.6) is 0 Å². The molecule has 2 aliphatic carbocycles. The van der Waals surface area contributed by atoms with Crippen molar-refractivity contribution in [2.45, 2.75) is 49.7 Å².